The number of halogens is 2. The molecular formula is C30H37F2N9. The van der Waals surface area contributed by atoms with Crippen LogP contribution in [0.2, 0.25) is 0 Å². The van der Waals surface area contributed by atoms with Gasteiger partial charge in [-0.05, 0) is 64.9 Å². The summed E-state index contributed by atoms with van der Waals surface area (Å²) in [6, 6.07) is 7.64. The van der Waals surface area contributed by atoms with Crippen molar-refractivity contribution in [2.75, 3.05) is 56.5 Å². The number of hydrogen-bond donors (Lipinski definition) is 1. The summed E-state index contributed by atoms with van der Waals surface area (Å²) in [5, 5.41) is 3.07. The normalized spacial score (nSPS) is 17.6. The Balaban J connectivity index is 1.15. The monoisotopic (exact) mass is 561 g/mol. The van der Waals surface area contributed by atoms with Crippen LogP contribution in [-0.4, -0.2) is 86.7 Å². The summed E-state index contributed by atoms with van der Waals surface area (Å²) in [7, 11) is 2.19. The molecule has 0 bridgehead atoms. The van der Waals surface area contributed by atoms with Crippen LogP contribution in [0.3, 0.4) is 0 Å². The number of rotatable bonds is 6. The van der Waals surface area contributed by atoms with Crippen molar-refractivity contribution in [3.8, 4) is 11.3 Å². The Morgan fingerprint density at radius 3 is 2.34 bits per heavy atom. The average Bonchev–Trinajstić information content (AvgIpc) is 3.31. The molecule has 9 nitrogen and oxygen atoms in total. The fourth-order valence-electron chi connectivity index (χ4n) is 6.13. The van der Waals surface area contributed by atoms with Crippen molar-refractivity contribution < 1.29 is 8.78 Å². The molecule has 0 spiro atoms. The first-order chi connectivity index (χ1) is 19.8. The minimum absolute atomic E-state index is 0.0114. The molecule has 3 aromatic heterocycles. The number of nitrogens with zero attached hydrogens (tertiary/aromatic N) is 8. The number of benzene rings is 1. The van der Waals surface area contributed by atoms with Gasteiger partial charge in [-0.15, -0.1) is 0 Å². The number of hydrogen-bond acceptors (Lipinski definition) is 8. The Bertz CT molecular complexity index is 1520. The fraction of sp³-hybridized carbons (Fsp3) is 0.467. The molecular weight excluding hydrogens is 524 g/mol. The van der Waals surface area contributed by atoms with Crippen LogP contribution in [0.15, 0.2) is 36.7 Å². The van der Waals surface area contributed by atoms with E-state index in [2.05, 4.69) is 47.0 Å². The number of likely N-dealkylation sites (N-methyl/N-ethyl adjacent to an activating group) is 1. The lowest BCUT2D eigenvalue weighted by molar-refractivity contribution is 0.0982. The number of aromatic nitrogens is 5. The Morgan fingerprint density at radius 2 is 1.66 bits per heavy atom. The summed E-state index contributed by atoms with van der Waals surface area (Å²) < 4.78 is 31.8. The maximum Gasteiger partial charge on any atom is 0.229 e. The van der Waals surface area contributed by atoms with E-state index < -0.39 is 11.6 Å². The van der Waals surface area contributed by atoms with Gasteiger partial charge in [0, 0.05) is 56.9 Å². The lowest BCUT2D eigenvalue weighted by Crippen LogP contribution is -2.52. The van der Waals surface area contributed by atoms with E-state index in [1.807, 2.05) is 43.7 Å². The number of pyridine rings is 1. The van der Waals surface area contributed by atoms with Crippen LogP contribution in [0.1, 0.15) is 38.6 Å². The van der Waals surface area contributed by atoms with Crippen LogP contribution in [0, 0.1) is 18.6 Å². The number of piperazine rings is 1. The van der Waals surface area contributed by atoms with E-state index in [4.69, 9.17) is 0 Å². The molecule has 1 N–H and O–H groups in total. The first kappa shape index (κ1) is 27.5. The highest BCUT2D eigenvalue weighted by Crippen LogP contribution is 2.31. The second kappa shape index (κ2) is 11.3. The predicted molar refractivity (Wildman–Crippen MR) is 158 cm³/mol. The van der Waals surface area contributed by atoms with Crippen LogP contribution in [0.5, 0.6) is 0 Å². The lowest BCUT2D eigenvalue weighted by atomic mass is 10.0. The minimum Gasteiger partial charge on any atom is -0.370 e. The molecule has 2 saturated heterocycles. The summed E-state index contributed by atoms with van der Waals surface area (Å²) in [6.07, 6.45) is 5.25. The minimum atomic E-state index is -0.634. The van der Waals surface area contributed by atoms with Crippen LogP contribution in [0.25, 0.3) is 22.3 Å². The van der Waals surface area contributed by atoms with Crippen molar-refractivity contribution in [2.24, 2.45) is 0 Å². The number of aryl methyl sites for hydroxylation is 1. The number of anilines is 3. The first-order valence-electron chi connectivity index (χ1n) is 14.4. The Kier molecular flexibility index (Phi) is 7.56. The van der Waals surface area contributed by atoms with E-state index in [1.54, 1.807) is 6.07 Å². The van der Waals surface area contributed by atoms with Gasteiger partial charge in [0.05, 0.1) is 23.6 Å². The van der Waals surface area contributed by atoms with Gasteiger partial charge in [-0.2, -0.15) is 0 Å². The Hall–Kier alpha value is -3.70. The second-order valence-electron chi connectivity index (χ2n) is 11.4. The summed E-state index contributed by atoms with van der Waals surface area (Å²) in [6.45, 7) is 12.5. The molecule has 0 saturated carbocycles. The van der Waals surface area contributed by atoms with Crippen molar-refractivity contribution >= 4 is 28.5 Å². The van der Waals surface area contributed by atoms with E-state index in [9.17, 15) is 4.39 Å². The smallest absolute Gasteiger partial charge is 0.229 e. The van der Waals surface area contributed by atoms with Gasteiger partial charge in [0.15, 0.2) is 11.6 Å². The van der Waals surface area contributed by atoms with Crippen LogP contribution in [0.4, 0.5) is 26.2 Å². The van der Waals surface area contributed by atoms with Gasteiger partial charge < -0.3 is 19.7 Å². The second-order valence-corrected chi connectivity index (χ2v) is 11.4. The lowest BCUT2D eigenvalue weighted by Gasteiger charge is -2.42. The maximum absolute atomic E-state index is 15.0. The van der Waals surface area contributed by atoms with Gasteiger partial charge in [-0.25, -0.2) is 28.7 Å². The maximum atomic E-state index is 15.0. The van der Waals surface area contributed by atoms with Gasteiger partial charge in [-0.3, -0.25) is 4.90 Å². The quantitative estimate of drug-likeness (QED) is 0.352. The molecule has 2 aliphatic heterocycles. The molecule has 0 unspecified atom stereocenters. The van der Waals surface area contributed by atoms with Crippen molar-refractivity contribution in [1.29, 1.82) is 0 Å². The van der Waals surface area contributed by atoms with Crippen LogP contribution in [-0.2, 0) is 0 Å². The summed E-state index contributed by atoms with van der Waals surface area (Å²) in [4.78, 5) is 24.8. The van der Waals surface area contributed by atoms with E-state index in [0.717, 1.165) is 64.0 Å². The molecule has 0 atom stereocenters. The number of nitrogens with one attached hydrogen (secondary N) is 1. The largest absolute Gasteiger partial charge is 0.370 e. The van der Waals surface area contributed by atoms with E-state index >= 15 is 4.39 Å². The van der Waals surface area contributed by atoms with E-state index in [-0.39, 0.29) is 23.2 Å². The zero-order valence-electron chi connectivity index (χ0n) is 24.1. The third kappa shape index (κ3) is 5.60. The zero-order valence-corrected chi connectivity index (χ0v) is 24.1. The van der Waals surface area contributed by atoms with Gasteiger partial charge in [-0.1, -0.05) is 0 Å². The third-order valence-electron chi connectivity index (χ3n) is 8.33. The molecule has 1 aromatic carbocycles. The highest BCUT2D eigenvalue weighted by Gasteiger charge is 2.27. The molecule has 6 rings (SSSR count). The van der Waals surface area contributed by atoms with Gasteiger partial charge in [0.25, 0.3) is 0 Å². The SMILES string of the molecule is Cc1nc2c(F)cc(-c3nc(Nc4ccc(N5CCC(N6CCN(C)CC6)CC5)cn4)ncc3F)cc2n1C(C)C. The highest BCUT2D eigenvalue weighted by molar-refractivity contribution is 5.83. The Morgan fingerprint density at radius 1 is 0.902 bits per heavy atom. The molecule has 0 amide bonds. The Labute approximate surface area is 239 Å². The fourth-order valence-corrected chi connectivity index (χ4v) is 6.13. The average molecular weight is 562 g/mol. The molecule has 11 heteroatoms. The third-order valence-corrected chi connectivity index (χ3v) is 8.33. The highest BCUT2D eigenvalue weighted by atomic mass is 19.1. The molecule has 216 valence electrons. The molecule has 2 aliphatic rings. The topological polar surface area (TPSA) is 78.2 Å². The standard InChI is InChI=1S/C30H37F2N9/c1-19(2)41-20(3)35-29-24(31)15-21(16-26(29)41)28-25(32)18-34-30(37-28)36-27-6-5-23(17-33-27)39-9-7-22(8-10-39)40-13-11-38(4)12-14-40/h5-6,15-19,22H,7-14H2,1-4H3,(H,33,34,36,37). The molecule has 0 radical (unpaired) electrons. The summed E-state index contributed by atoms with van der Waals surface area (Å²) in [5.41, 5.74) is 2.28. The first-order valence-corrected chi connectivity index (χ1v) is 14.4. The number of imidazole rings is 1. The van der Waals surface area contributed by atoms with Crippen LogP contribution < -0.4 is 10.2 Å². The van der Waals surface area contributed by atoms with Gasteiger partial charge >= 0.3 is 0 Å². The van der Waals surface area contributed by atoms with Crippen molar-refractivity contribution in [3.05, 3.63) is 54.1 Å². The summed E-state index contributed by atoms with van der Waals surface area (Å²) in [5.74, 6) is 0.283. The van der Waals surface area contributed by atoms with Gasteiger partial charge in [0.1, 0.15) is 22.9 Å². The van der Waals surface area contributed by atoms with Crippen molar-refractivity contribution in [2.45, 2.75) is 45.7 Å². The molecule has 5 heterocycles. The molecule has 41 heavy (non-hydrogen) atoms. The van der Waals surface area contributed by atoms with Crippen molar-refractivity contribution in [3.63, 3.8) is 0 Å². The predicted octanol–water partition coefficient (Wildman–Crippen LogP) is 5.02. The molecule has 0 aliphatic carbocycles. The molecule has 2 fully saturated rings. The van der Waals surface area contributed by atoms with Crippen LogP contribution >= 0.6 is 0 Å². The molecule has 4 aromatic rings. The number of piperidine rings is 1. The van der Waals surface area contributed by atoms with E-state index in [0.29, 0.717) is 28.8 Å². The van der Waals surface area contributed by atoms with Crippen molar-refractivity contribution in [1.82, 2.24) is 34.3 Å². The van der Waals surface area contributed by atoms with E-state index in [1.165, 1.54) is 6.07 Å². The number of fused-ring (bicyclic) bond motifs is 1. The zero-order chi connectivity index (χ0) is 28.7. The van der Waals surface area contributed by atoms with Gasteiger partial charge in [0.2, 0.25) is 5.95 Å². The summed E-state index contributed by atoms with van der Waals surface area (Å²) >= 11 is 0.